The van der Waals surface area contributed by atoms with Gasteiger partial charge in [0.1, 0.15) is 23.4 Å². The molecule has 0 aliphatic rings. The van der Waals surface area contributed by atoms with Crippen molar-refractivity contribution >= 4 is 33.8 Å². The Balaban J connectivity index is 1.63. The number of benzene rings is 2. The molecule has 3 heterocycles. The maximum absolute atomic E-state index is 13.4. The molecular formula is C21H16N6O2S. The van der Waals surface area contributed by atoms with Crippen LogP contribution in [0.1, 0.15) is 5.82 Å². The lowest BCUT2D eigenvalue weighted by molar-refractivity contribution is 0.412. The van der Waals surface area contributed by atoms with Crippen molar-refractivity contribution in [3.8, 4) is 11.4 Å². The summed E-state index contributed by atoms with van der Waals surface area (Å²) in [5.41, 5.74) is 2.51. The monoisotopic (exact) mass is 416 g/mol. The number of rotatable bonds is 5. The summed E-state index contributed by atoms with van der Waals surface area (Å²) in [6.45, 7) is 0. The molecule has 0 saturated carbocycles. The summed E-state index contributed by atoms with van der Waals surface area (Å²) in [5, 5.41) is 1.23. The molecule has 9 heteroatoms. The molecule has 0 saturated heterocycles. The van der Waals surface area contributed by atoms with E-state index in [1.165, 1.54) is 18.1 Å². The summed E-state index contributed by atoms with van der Waals surface area (Å²) in [5.74, 6) is 1.62. The second-order valence-corrected chi connectivity index (χ2v) is 7.41. The van der Waals surface area contributed by atoms with Crippen LogP contribution in [0.2, 0.25) is 0 Å². The third kappa shape index (κ3) is 3.18. The summed E-state index contributed by atoms with van der Waals surface area (Å²) < 4.78 is 7.10. The second kappa shape index (κ2) is 7.60. The van der Waals surface area contributed by atoms with Crippen LogP contribution in [-0.2, 0) is 5.75 Å². The molecule has 5 rings (SSSR count). The Morgan fingerprint density at radius 2 is 1.93 bits per heavy atom. The second-order valence-electron chi connectivity index (χ2n) is 6.45. The number of imidazole rings is 1. The number of para-hydroxylation sites is 3. The fourth-order valence-corrected chi connectivity index (χ4v) is 4.07. The van der Waals surface area contributed by atoms with Gasteiger partial charge in [-0.3, -0.25) is 9.36 Å². The highest BCUT2D eigenvalue weighted by molar-refractivity contribution is 7.98. The summed E-state index contributed by atoms with van der Waals surface area (Å²) in [6.07, 6.45) is 3.14. The van der Waals surface area contributed by atoms with Gasteiger partial charge in [0.25, 0.3) is 5.56 Å². The van der Waals surface area contributed by atoms with Crippen molar-refractivity contribution in [3.05, 3.63) is 77.2 Å². The topological polar surface area (TPSA) is 98.6 Å². The lowest BCUT2D eigenvalue weighted by Crippen LogP contribution is -2.24. The standard InChI is InChI=1S/C21H16N6O2S/c1-29-17-9-5-4-8-16(17)27-18(24-14-7-3-2-6-13(14)20(27)28)11-30-21-25-15-10-22-12-23-19(15)26-21/h2-10,12H,11H2,1H3,(H,22,23,25,26). The molecule has 1 N–H and O–H groups in total. The molecule has 0 atom stereocenters. The molecule has 0 aliphatic carbocycles. The zero-order valence-electron chi connectivity index (χ0n) is 15.9. The van der Waals surface area contributed by atoms with Crippen molar-refractivity contribution < 1.29 is 4.74 Å². The summed E-state index contributed by atoms with van der Waals surface area (Å²) in [4.78, 5) is 34.0. The average Bonchev–Trinajstić information content (AvgIpc) is 3.21. The Morgan fingerprint density at radius 1 is 1.10 bits per heavy atom. The molecule has 0 spiro atoms. The van der Waals surface area contributed by atoms with Crippen molar-refractivity contribution in [1.82, 2.24) is 29.5 Å². The van der Waals surface area contributed by atoms with E-state index in [0.29, 0.717) is 44.7 Å². The maximum atomic E-state index is 13.4. The Hall–Kier alpha value is -3.72. The Bertz CT molecular complexity index is 1400. The van der Waals surface area contributed by atoms with E-state index in [1.807, 2.05) is 42.5 Å². The number of fused-ring (bicyclic) bond motifs is 2. The normalized spacial score (nSPS) is 11.2. The molecule has 148 valence electrons. The SMILES string of the molecule is COc1ccccc1-n1c(CSc2nc3ncncc3[nH]2)nc2ccccc2c1=O. The lowest BCUT2D eigenvalue weighted by Gasteiger charge is -2.15. The van der Waals surface area contributed by atoms with Gasteiger partial charge >= 0.3 is 0 Å². The third-order valence-electron chi connectivity index (χ3n) is 4.65. The molecule has 0 radical (unpaired) electrons. The van der Waals surface area contributed by atoms with E-state index < -0.39 is 0 Å². The highest BCUT2D eigenvalue weighted by Gasteiger charge is 2.16. The van der Waals surface area contributed by atoms with Crippen molar-refractivity contribution in [2.45, 2.75) is 10.9 Å². The number of ether oxygens (including phenoxy) is 1. The van der Waals surface area contributed by atoms with Crippen molar-refractivity contribution in [2.75, 3.05) is 7.11 Å². The molecule has 8 nitrogen and oxygen atoms in total. The van der Waals surface area contributed by atoms with Crippen LogP contribution in [0, 0.1) is 0 Å². The van der Waals surface area contributed by atoms with Gasteiger partial charge in [-0.15, -0.1) is 0 Å². The Morgan fingerprint density at radius 3 is 2.80 bits per heavy atom. The number of aromatic amines is 1. The molecule has 0 aliphatic heterocycles. The van der Waals surface area contributed by atoms with Crippen LogP contribution in [0.5, 0.6) is 5.75 Å². The first kappa shape index (κ1) is 18.3. The number of methoxy groups -OCH3 is 1. The van der Waals surface area contributed by atoms with Crippen molar-refractivity contribution in [1.29, 1.82) is 0 Å². The lowest BCUT2D eigenvalue weighted by atomic mass is 10.2. The first-order valence-corrected chi connectivity index (χ1v) is 10.2. The van der Waals surface area contributed by atoms with E-state index in [-0.39, 0.29) is 5.56 Å². The highest BCUT2D eigenvalue weighted by Crippen LogP contribution is 2.26. The van der Waals surface area contributed by atoms with Gasteiger partial charge in [-0.05, 0) is 24.3 Å². The van der Waals surface area contributed by atoms with Crippen LogP contribution in [0.3, 0.4) is 0 Å². The summed E-state index contributed by atoms with van der Waals surface area (Å²) in [7, 11) is 1.59. The van der Waals surface area contributed by atoms with Crippen LogP contribution in [0.15, 0.2) is 71.0 Å². The predicted octanol–water partition coefficient (Wildman–Crippen LogP) is 3.35. The Labute approximate surface area is 175 Å². The Kier molecular flexibility index (Phi) is 4.64. The predicted molar refractivity (Wildman–Crippen MR) is 115 cm³/mol. The molecule has 0 bridgehead atoms. The molecule has 3 aromatic heterocycles. The van der Waals surface area contributed by atoms with E-state index in [2.05, 4.69) is 19.9 Å². The average molecular weight is 416 g/mol. The van der Waals surface area contributed by atoms with Gasteiger partial charge in [0.05, 0.1) is 35.6 Å². The summed E-state index contributed by atoms with van der Waals surface area (Å²) >= 11 is 1.44. The zero-order valence-corrected chi connectivity index (χ0v) is 16.8. The van der Waals surface area contributed by atoms with Crippen molar-refractivity contribution in [3.63, 3.8) is 0 Å². The number of nitrogens with zero attached hydrogens (tertiary/aromatic N) is 5. The number of aromatic nitrogens is 6. The number of thioether (sulfide) groups is 1. The smallest absolute Gasteiger partial charge is 0.266 e. The molecular weight excluding hydrogens is 400 g/mol. The third-order valence-corrected chi connectivity index (χ3v) is 5.52. The van der Waals surface area contributed by atoms with Crippen LogP contribution < -0.4 is 10.3 Å². The van der Waals surface area contributed by atoms with Crippen LogP contribution in [-0.4, -0.2) is 36.6 Å². The van der Waals surface area contributed by atoms with Gasteiger partial charge in [-0.25, -0.2) is 19.9 Å². The van der Waals surface area contributed by atoms with Crippen LogP contribution in [0.4, 0.5) is 0 Å². The first-order valence-electron chi connectivity index (χ1n) is 9.17. The van der Waals surface area contributed by atoms with Gasteiger partial charge in [0.15, 0.2) is 10.8 Å². The molecule has 2 aromatic carbocycles. The van der Waals surface area contributed by atoms with Crippen LogP contribution >= 0.6 is 11.8 Å². The number of hydrogen-bond acceptors (Lipinski definition) is 7. The van der Waals surface area contributed by atoms with Crippen LogP contribution in [0.25, 0.3) is 27.8 Å². The first-order chi connectivity index (χ1) is 14.7. The van der Waals surface area contributed by atoms with E-state index in [4.69, 9.17) is 9.72 Å². The molecule has 0 fully saturated rings. The quantitative estimate of drug-likeness (QED) is 0.439. The van der Waals surface area contributed by atoms with E-state index in [1.54, 1.807) is 23.9 Å². The van der Waals surface area contributed by atoms with Gasteiger partial charge in [0, 0.05) is 0 Å². The maximum Gasteiger partial charge on any atom is 0.266 e. The fourth-order valence-electron chi connectivity index (χ4n) is 3.28. The molecule has 0 unspecified atom stereocenters. The summed E-state index contributed by atoms with van der Waals surface area (Å²) in [6, 6.07) is 14.7. The van der Waals surface area contributed by atoms with Crippen molar-refractivity contribution in [2.24, 2.45) is 0 Å². The number of H-pyrrole nitrogens is 1. The number of nitrogens with one attached hydrogen (secondary N) is 1. The molecule has 5 aromatic rings. The van der Waals surface area contributed by atoms with E-state index in [0.717, 1.165) is 5.52 Å². The van der Waals surface area contributed by atoms with Gasteiger partial charge < -0.3 is 9.72 Å². The fraction of sp³-hybridized carbons (Fsp3) is 0.0952. The van der Waals surface area contributed by atoms with Gasteiger partial charge in [-0.1, -0.05) is 36.0 Å². The minimum Gasteiger partial charge on any atom is -0.495 e. The highest BCUT2D eigenvalue weighted by atomic mass is 32.2. The minimum absolute atomic E-state index is 0.142. The van der Waals surface area contributed by atoms with E-state index in [9.17, 15) is 4.79 Å². The van der Waals surface area contributed by atoms with Gasteiger partial charge in [-0.2, -0.15) is 0 Å². The van der Waals surface area contributed by atoms with Gasteiger partial charge in [0.2, 0.25) is 0 Å². The van der Waals surface area contributed by atoms with E-state index >= 15 is 0 Å². The largest absolute Gasteiger partial charge is 0.495 e. The minimum atomic E-state index is -0.142. The molecule has 0 amide bonds. The molecule has 30 heavy (non-hydrogen) atoms. The number of hydrogen-bond donors (Lipinski definition) is 1. The zero-order chi connectivity index (χ0) is 20.5.